The summed E-state index contributed by atoms with van der Waals surface area (Å²) >= 11 is 11.8. The molecule has 2 aromatic rings. The Morgan fingerprint density at radius 2 is 1.94 bits per heavy atom. The van der Waals surface area contributed by atoms with Crippen LogP contribution in [0.4, 0.5) is 5.69 Å². The van der Waals surface area contributed by atoms with Crippen molar-refractivity contribution in [3.63, 3.8) is 0 Å². The molecule has 0 saturated heterocycles. The zero-order valence-corrected chi connectivity index (χ0v) is 11.3. The Kier molecular flexibility index (Phi) is 4.93. The van der Waals surface area contributed by atoms with Crippen molar-refractivity contribution < 1.29 is 4.42 Å². The summed E-state index contributed by atoms with van der Waals surface area (Å²) in [7, 11) is 0. The highest BCUT2D eigenvalue weighted by atomic mass is 35.5. The lowest BCUT2D eigenvalue weighted by atomic mass is 10.3. The van der Waals surface area contributed by atoms with E-state index < -0.39 is 0 Å². The highest BCUT2D eigenvalue weighted by Crippen LogP contribution is 2.24. The van der Waals surface area contributed by atoms with E-state index in [0.717, 1.165) is 31.1 Å². The molecule has 18 heavy (non-hydrogen) atoms. The Morgan fingerprint density at radius 3 is 2.67 bits per heavy atom. The molecule has 0 fully saturated rings. The Bertz CT molecular complexity index is 486. The van der Waals surface area contributed by atoms with E-state index in [-0.39, 0.29) is 0 Å². The fourth-order valence-electron chi connectivity index (χ4n) is 1.53. The molecule has 2 rings (SSSR count). The lowest BCUT2D eigenvalue weighted by molar-refractivity contribution is 0.486. The first-order valence-corrected chi connectivity index (χ1v) is 6.43. The van der Waals surface area contributed by atoms with Crippen LogP contribution in [0.15, 0.2) is 41.0 Å². The number of halogens is 2. The minimum Gasteiger partial charge on any atom is -0.468 e. The standard InChI is InChI=1S/C13H14Cl2N2O/c14-12-4-3-10(8-13(12)15)17-6-5-16-9-11-2-1-7-18-11/h1-4,7-8,16-17H,5-6,9H2. The number of rotatable bonds is 6. The molecule has 0 spiro atoms. The van der Waals surface area contributed by atoms with Gasteiger partial charge >= 0.3 is 0 Å². The van der Waals surface area contributed by atoms with Crippen LogP contribution in [-0.2, 0) is 6.54 Å². The Labute approximate surface area is 116 Å². The van der Waals surface area contributed by atoms with Crippen molar-refractivity contribution in [3.8, 4) is 0 Å². The molecule has 0 amide bonds. The van der Waals surface area contributed by atoms with E-state index in [0.29, 0.717) is 10.0 Å². The van der Waals surface area contributed by atoms with Crippen LogP contribution in [0, 0.1) is 0 Å². The zero-order chi connectivity index (χ0) is 12.8. The quantitative estimate of drug-likeness (QED) is 0.793. The molecule has 1 aromatic heterocycles. The number of hydrogen-bond donors (Lipinski definition) is 2. The van der Waals surface area contributed by atoms with Gasteiger partial charge in [-0.15, -0.1) is 0 Å². The molecule has 0 atom stereocenters. The molecule has 5 heteroatoms. The maximum atomic E-state index is 5.92. The van der Waals surface area contributed by atoms with Crippen molar-refractivity contribution in [1.29, 1.82) is 0 Å². The van der Waals surface area contributed by atoms with E-state index in [9.17, 15) is 0 Å². The minimum atomic E-state index is 0.560. The third-order valence-electron chi connectivity index (χ3n) is 2.43. The fourth-order valence-corrected chi connectivity index (χ4v) is 1.82. The van der Waals surface area contributed by atoms with E-state index in [4.69, 9.17) is 27.6 Å². The molecule has 0 radical (unpaired) electrons. The molecule has 96 valence electrons. The molecule has 0 unspecified atom stereocenters. The second kappa shape index (κ2) is 6.69. The molecule has 0 aliphatic heterocycles. The summed E-state index contributed by atoms with van der Waals surface area (Å²) in [5.74, 6) is 0.935. The number of furan rings is 1. The summed E-state index contributed by atoms with van der Waals surface area (Å²) in [5.41, 5.74) is 0.962. The predicted octanol–water partition coefficient (Wildman–Crippen LogP) is 3.79. The van der Waals surface area contributed by atoms with Crippen molar-refractivity contribution in [1.82, 2.24) is 5.32 Å². The summed E-state index contributed by atoms with van der Waals surface area (Å²) in [4.78, 5) is 0. The number of nitrogens with one attached hydrogen (secondary N) is 2. The van der Waals surface area contributed by atoms with Crippen molar-refractivity contribution >= 4 is 28.9 Å². The van der Waals surface area contributed by atoms with Gasteiger partial charge in [0.05, 0.1) is 22.9 Å². The SMILES string of the molecule is Clc1ccc(NCCNCc2ccco2)cc1Cl. The van der Waals surface area contributed by atoms with Crippen LogP contribution in [0.3, 0.4) is 0 Å². The van der Waals surface area contributed by atoms with Gasteiger partial charge in [-0.2, -0.15) is 0 Å². The van der Waals surface area contributed by atoms with Gasteiger partial charge in [0.2, 0.25) is 0 Å². The Morgan fingerprint density at radius 1 is 1.06 bits per heavy atom. The van der Waals surface area contributed by atoms with Crippen LogP contribution >= 0.6 is 23.2 Å². The highest BCUT2D eigenvalue weighted by Gasteiger charge is 1.99. The second-order valence-corrected chi connectivity index (χ2v) is 4.63. The van der Waals surface area contributed by atoms with Crippen molar-refractivity contribution in [2.75, 3.05) is 18.4 Å². The summed E-state index contributed by atoms with van der Waals surface area (Å²) in [5, 5.41) is 7.65. The summed E-state index contributed by atoms with van der Waals surface area (Å²) in [6.45, 7) is 2.37. The van der Waals surface area contributed by atoms with Gasteiger partial charge in [0, 0.05) is 18.8 Å². The van der Waals surface area contributed by atoms with E-state index in [1.807, 2.05) is 24.3 Å². The monoisotopic (exact) mass is 284 g/mol. The van der Waals surface area contributed by atoms with Gasteiger partial charge in [0.15, 0.2) is 0 Å². The van der Waals surface area contributed by atoms with Crippen LogP contribution < -0.4 is 10.6 Å². The average Bonchev–Trinajstić information content (AvgIpc) is 2.86. The fraction of sp³-hybridized carbons (Fsp3) is 0.231. The van der Waals surface area contributed by atoms with Crippen molar-refractivity contribution in [3.05, 3.63) is 52.4 Å². The molecular weight excluding hydrogens is 271 g/mol. The number of hydrogen-bond acceptors (Lipinski definition) is 3. The summed E-state index contributed by atoms with van der Waals surface area (Å²) in [6.07, 6.45) is 1.67. The Balaban J connectivity index is 1.67. The first kappa shape index (κ1) is 13.3. The predicted molar refractivity (Wildman–Crippen MR) is 75.4 cm³/mol. The van der Waals surface area contributed by atoms with Gasteiger partial charge in [-0.1, -0.05) is 23.2 Å². The van der Waals surface area contributed by atoms with Crippen molar-refractivity contribution in [2.45, 2.75) is 6.54 Å². The van der Waals surface area contributed by atoms with E-state index in [2.05, 4.69) is 10.6 Å². The van der Waals surface area contributed by atoms with Gasteiger partial charge in [0.25, 0.3) is 0 Å². The molecule has 0 bridgehead atoms. The maximum absolute atomic E-state index is 5.92. The first-order chi connectivity index (χ1) is 8.75. The van der Waals surface area contributed by atoms with Gasteiger partial charge in [-0.25, -0.2) is 0 Å². The molecule has 0 aliphatic carbocycles. The largest absolute Gasteiger partial charge is 0.468 e. The maximum Gasteiger partial charge on any atom is 0.117 e. The van der Waals surface area contributed by atoms with Crippen LogP contribution in [0.5, 0.6) is 0 Å². The second-order valence-electron chi connectivity index (χ2n) is 3.81. The molecule has 2 N–H and O–H groups in total. The van der Waals surface area contributed by atoms with Gasteiger partial charge < -0.3 is 15.1 Å². The highest BCUT2D eigenvalue weighted by molar-refractivity contribution is 6.42. The summed E-state index contributed by atoms with van der Waals surface area (Å²) in [6, 6.07) is 9.32. The molecule has 3 nitrogen and oxygen atoms in total. The normalized spacial score (nSPS) is 10.6. The van der Waals surface area contributed by atoms with E-state index >= 15 is 0 Å². The zero-order valence-electron chi connectivity index (χ0n) is 9.75. The number of anilines is 1. The molecule has 0 aliphatic rings. The van der Waals surface area contributed by atoms with E-state index in [1.54, 1.807) is 12.3 Å². The van der Waals surface area contributed by atoms with Gasteiger partial charge in [-0.05, 0) is 30.3 Å². The molecule has 1 aromatic carbocycles. The molecule has 1 heterocycles. The van der Waals surface area contributed by atoms with Crippen LogP contribution in [0.25, 0.3) is 0 Å². The summed E-state index contributed by atoms with van der Waals surface area (Å²) < 4.78 is 5.21. The van der Waals surface area contributed by atoms with Crippen LogP contribution in [0.2, 0.25) is 10.0 Å². The topological polar surface area (TPSA) is 37.2 Å². The lowest BCUT2D eigenvalue weighted by Crippen LogP contribution is -2.21. The number of benzene rings is 1. The average molecular weight is 285 g/mol. The smallest absolute Gasteiger partial charge is 0.117 e. The Hall–Kier alpha value is -1.16. The first-order valence-electron chi connectivity index (χ1n) is 5.68. The van der Waals surface area contributed by atoms with E-state index in [1.165, 1.54) is 0 Å². The third kappa shape index (κ3) is 3.95. The van der Waals surface area contributed by atoms with Crippen LogP contribution in [0.1, 0.15) is 5.76 Å². The van der Waals surface area contributed by atoms with Crippen LogP contribution in [-0.4, -0.2) is 13.1 Å². The minimum absolute atomic E-state index is 0.560. The third-order valence-corrected chi connectivity index (χ3v) is 3.17. The lowest BCUT2D eigenvalue weighted by Gasteiger charge is -2.08. The van der Waals surface area contributed by atoms with Crippen molar-refractivity contribution in [2.24, 2.45) is 0 Å². The molecule has 0 saturated carbocycles. The van der Waals surface area contributed by atoms with Gasteiger partial charge in [0.1, 0.15) is 5.76 Å². The molecular formula is C13H14Cl2N2O. The van der Waals surface area contributed by atoms with Gasteiger partial charge in [-0.3, -0.25) is 0 Å².